The van der Waals surface area contributed by atoms with Crippen LogP contribution in [0.3, 0.4) is 0 Å². The number of carboxylic acid groups (broad SMARTS) is 1. The van der Waals surface area contributed by atoms with Gasteiger partial charge in [-0.2, -0.15) is 0 Å². The number of hydrazine groups is 1. The predicted octanol–water partition coefficient (Wildman–Crippen LogP) is 2.12. The zero-order valence-corrected chi connectivity index (χ0v) is 13.2. The first kappa shape index (κ1) is 16.7. The number of nitrogens with zero attached hydrogens (tertiary/aromatic N) is 1. The lowest BCUT2D eigenvalue weighted by Gasteiger charge is -2.21. The molecule has 2 aromatic carbocycles. The van der Waals surface area contributed by atoms with Gasteiger partial charge in [-0.3, -0.25) is 5.84 Å². The molecule has 0 amide bonds. The van der Waals surface area contributed by atoms with Crippen LogP contribution in [0.25, 0.3) is 11.1 Å². The van der Waals surface area contributed by atoms with Crippen molar-refractivity contribution in [3.05, 3.63) is 65.1 Å². The molecular formula is C16H17ClN4O2. The Labute approximate surface area is 138 Å². The number of aliphatic carboxylic acids is 1. The molecule has 0 aliphatic rings. The van der Waals surface area contributed by atoms with Crippen LogP contribution in [0.2, 0.25) is 5.02 Å². The Balaban J connectivity index is 2.28. The van der Waals surface area contributed by atoms with E-state index >= 15 is 0 Å². The van der Waals surface area contributed by atoms with Crippen LogP contribution in [0, 0.1) is 0 Å². The Bertz CT molecular complexity index is 727. The first-order valence-electron chi connectivity index (χ1n) is 6.73. The number of benzene rings is 2. The number of anilines is 1. The van der Waals surface area contributed by atoms with E-state index in [9.17, 15) is 4.79 Å². The fourth-order valence-corrected chi connectivity index (χ4v) is 2.20. The molecule has 0 aliphatic carbocycles. The molecule has 0 heterocycles. The van der Waals surface area contributed by atoms with E-state index in [0.717, 1.165) is 16.8 Å². The summed E-state index contributed by atoms with van der Waals surface area (Å²) < 4.78 is 0. The Morgan fingerprint density at radius 2 is 1.57 bits per heavy atom. The van der Waals surface area contributed by atoms with Crippen molar-refractivity contribution in [2.24, 2.45) is 11.6 Å². The van der Waals surface area contributed by atoms with Gasteiger partial charge in [-0.25, -0.2) is 4.79 Å². The maximum atomic E-state index is 11.1. The Kier molecular flexibility index (Phi) is 5.10. The van der Waals surface area contributed by atoms with Crippen molar-refractivity contribution < 1.29 is 9.90 Å². The van der Waals surface area contributed by atoms with E-state index in [-0.39, 0.29) is 11.5 Å². The van der Waals surface area contributed by atoms with Crippen molar-refractivity contribution in [2.45, 2.75) is 0 Å². The molecule has 0 atom stereocenters. The second kappa shape index (κ2) is 7.04. The number of halogens is 1. The van der Waals surface area contributed by atoms with Gasteiger partial charge in [-0.1, -0.05) is 35.9 Å². The van der Waals surface area contributed by atoms with Crippen molar-refractivity contribution in [2.75, 3.05) is 11.9 Å². The van der Waals surface area contributed by atoms with Crippen LogP contribution in [0.1, 0.15) is 0 Å². The molecule has 0 saturated heterocycles. The molecule has 0 aliphatic heterocycles. The highest BCUT2D eigenvalue weighted by molar-refractivity contribution is 6.30. The molecule has 2 aromatic rings. The van der Waals surface area contributed by atoms with Crippen molar-refractivity contribution in [1.82, 2.24) is 5.43 Å². The second-order valence-corrected chi connectivity index (χ2v) is 5.26. The smallest absolute Gasteiger partial charge is 0.357 e. The number of carboxylic acids is 1. The fourth-order valence-electron chi connectivity index (χ4n) is 2.07. The average molecular weight is 333 g/mol. The topological polar surface area (TPSA) is 105 Å². The van der Waals surface area contributed by atoms with Crippen LogP contribution in [-0.2, 0) is 4.79 Å². The molecule has 23 heavy (non-hydrogen) atoms. The third-order valence-corrected chi connectivity index (χ3v) is 3.66. The van der Waals surface area contributed by atoms with Crippen molar-refractivity contribution in [1.29, 1.82) is 0 Å². The lowest BCUT2D eigenvalue weighted by molar-refractivity contribution is -0.133. The van der Waals surface area contributed by atoms with Gasteiger partial charge >= 0.3 is 5.97 Å². The highest BCUT2D eigenvalue weighted by Crippen LogP contribution is 2.25. The first-order chi connectivity index (χ1) is 10.9. The Morgan fingerprint density at radius 1 is 1.09 bits per heavy atom. The van der Waals surface area contributed by atoms with Gasteiger partial charge in [0.2, 0.25) is 0 Å². The van der Waals surface area contributed by atoms with Gasteiger partial charge < -0.3 is 21.2 Å². The third kappa shape index (κ3) is 3.74. The molecular weight excluding hydrogens is 316 g/mol. The van der Waals surface area contributed by atoms with Gasteiger partial charge in [0.05, 0.1) is 0 Å². The van der Waals surface area contributed by atoms with Gasteiger partial charge in [0, 0.05) is 17.8 Å². The number of carbonyl (C=O) groups is 1. The highest BCUT2D eigenvalue weighted by atomic mass is 35.5. The van der Waals surface area contributed by atoms with Crippen LogP contribution in [0.15, 0.2) is 60.0 Å². The van der Waals surface area contributed by atoms with E-state index in [1.54, 1.807) is 7.05 Å². The maximum absolute atomic E-state index is 11.1. The van der Waals surface area contributed by atoms with Gasteiger partial charge in [0.15, 0.2) is 5.70 Å². The zero-order chi connectivity index (χ0) is 17.0. The van der Waals surface area contributed by atoms with Gasteiger partial charge in [-0.05, 0) is 35.4 Å². The van der Waals surface area contributed by atoms with Crippen LogP contribution in [-0.4, -0.2) is 18.1 Å². The summed E-state index contributed by atoms with van der Waals surface area (Å²) in [5, 5.41) is 9.72. The maximum Gasteiger partial charge on any atom is 0.357 e. The zero-order valence-electron chi connectivity index (χ0n) is 12.5. The second-order valence-electron chi connectivity index (χ2n) is 4.82. The minimum Gasteiger partial charge on any atom is -0.476 e. The number of nitrogens with one attached hydrogen (secondary N) is 1. The van der Waals surface area contributed by atoms with Crippen LogP contribution in [0.4, 0.5) is 5.69 Å². The van der Waals surface area contributed by atoms with E-state index in [1.165, 1.54) is 4.90 Å². The number of hydrogen-bond acceptors (Lipinski definition) is 5. The lowest BCUT2D eigenvalue weighted by atomic mass is 10.1. The van der Waals surface area contributed by atoms with Gasteiger partial charge in [0.1, 0.15) is 5.82 Å². The van der Waals surface area contributed by atoms with Crippen LogP contribution < -0.4 is 21.9 Å². The molecule has 7 heteroatoms. The van der Waals surface area contributed by atoms with Crippen molar-refractivity contribution >= 4 is 23.3 Å². The summed E-state index contributed by atoms with van der Waals surface area (Å²) >= 11 is 5.88. The molecule has 2 rings (SSSR count). The van der Waals surface area contributed by atoms with E-state index in [2.05, 4.69) is 5.43 Å². The molecule has 0 radical (unpaired) electrons. The fraction of sp³-hybridized carbons (Fsp3) is 0.0625. The van der Waals surface area contributed by atoms with E-state index in [4.69, 9.17) is 28.3 Å². The molecule has 120 valence electrons. The Hall–Kier alpha value is -2.70. The molecule has 0 aromatic heterocycles. The van der Waals surface area contributed by atoms with Crippen LogP contribution in [0.5, 0.6) is 0 Å². The quantitative estimate of drug-likeness (QED) is 0.380. The van der Waals surface area contributed by atoms with E-state index < -0.39 is 5.97 Å². The molecule has 0 spiro atoms. The van der Waals surface area contributed by atoms with Crippen LogP contribution >= 0.6 is 11.6 Å². The molecule has 0 saturated carbocycles. The third-order valence-electron chi connectivity index (χ3n) is 3.41. The van der Waals surface area contributed by atoms with Gasteiger partial charge in [0.25, 0.3) is 0 Å². The summed E-state index contributed by atoms with van der Waals surface area (Å²) in [7, 11) is 1.66. The minimum atomic E-state index is -1.23. The SMILES string of the molecule is CN(/C(N)=C(/NN)C(=O)O)c1ccc(-c2ccc(Cl)cc2)cc1. The number of hydrogen-bond donors (Lipinski definition) is 4. The standard InChI is InChI=1S/C16H17ClN4O2/c1-21(15(18)14(20-19)16(22)23)13-8-4-11(5-9-13)10-2-6-12(17)7-3-10/h2-9,20H,18-19H2,1H3,(H,22,23)/b15-14+. The highest BCUT2D eigenvalue weighted by Gasteiger charge is 2.15. The van der Waals surface area contributed by atoms with Crippen molar-refractivity contribution in [3.63, 3.8) is 0 Å². The van der Waals surface area contributed by atoms with Gasteiger partial charge in [-0.15, -0.1) is 0 Å². The Morgan fingerprint density at radius 3 is 2.00 bits per heavy atom. The summed E-state index contributed by atoms with van der Waals surface area (Å²) in [4.78, 5) is 12.6. The average Bonchev–Trinajstić information content (AvgIpc) is 2.55. The molecule has 0 unspecified atom stereocenters. The monoisotopic (exact) mass is 332 g/mol. The summed E-state index contributed by atoms with van der Waals surface area (Å²) in [6.45, 7) is 0. The minimum absolute atomic E-state index is 0.0132. The number of rotatable bonds is 5. The largest absolute Gasteiger partial charge is 0.476 e. The first-order valence-corrected chi connectivity index (χ1v) is 7.11. The summed E-state index contributed by atoms with van der Waals surface area (Å²) in [6, 6.07) is 15.0. The summed E-state index contributed by atoms with van der Waals surface area (Å²) in [5.41, 5.74) is 10.4. The van der Waals surface area contributed by atoms with E-state index in [0.29, 0.717) is 5.02 Å². The molecule has 0 bridgehead atoms. The normalized spacial score (nSPS) is 11.6. The van der Waals surface area contributed by atoms with E-state index in [1.807, 2.05) is 48.5 Å². The predicted molar refractivity (Wildman–Crippen MR) is 91.5 cm³/mol. The molecule has 6 N–H and O–H groups in total. The summed E-state index contributed by atoms with van der Waals surface area (Å²) in [6.07, 6.45) is 0. The van der Waals surface area contributed by atoms with Crippen molar-refractivity contribution in [3.8, 4) is 11.1 Å². The molecule has 6 nitrogen and oxygen atoms in total. The summed E-state index contributed by atoms with van der Waals surface area (Å²) in [5.74, 6) is 3.98. The molecule has 0 fully saturated rings. The number of nitrogens with two attached hydrogens (primary N) is 2. The lowest BCUT2D eigenvalue weighted by Crippen LogP contribution is -2.35.